The summed E-state index contributed by atoms with van der Waals surface area (Å²) in [5.41, 5.74) is 6.55. The van der Waals surface area contributed by atoms with Crippen molar-refractivity contribution in [2.45, 2.75) is 19.4 Å². The van der Waals surface area contributed by atoms with Crippen LogP contribution in [-0.4, -0.2) is 44.6 Å². The molecule has 2 aromatic rings. The number of amides is 1. The number of nitro groups is 1. The summed E-state index contributed by atoms with van der Waals surface area (Å²) in [6.07, 6.45) is 2.53. The van der Waals surface area contributed by atoms with Crippen molar-refractivity contribution in [1.29, 1.82) is 0 Å². The van der Waals surface area contributed by atoms with Crippen LogP contribution in [0.4, 0.5) is 5.69 Å². The third-order valence-electron chi connectivity index (χ3n) is 4.37. The van der Waals surface area contributed by atoms with E-state index in [2.05, 4.69) is 5.10 Å². The molecule has 2 unspecified atom stereocenters. The van der Waals surface area contributed by atoms with Crippen LogP contribution in [0.5, 0.6) is 0 Å². The average molecular weight is 329 g/mol. The van der Waals surface area contributed by atoms with Gasteiger partial charge in [-0.1, -0.05) is 6.07 Å². The third kappa shape index (κ3) is 3.00. The molecule has 1 amide bonds. The van der Waals surface area contributed by atoms with Crippen molar-refractivity contribution >= 4 is 11.6 Å². The maximum atomic E-state index is 12.6. The molecule has 0 radical (unpaired) electrons. The molecular formula is C16H19N5O3. The monoisotopic (exact) mass is 329 g/mol. The number of aromatic nitrogens is 2. The van der Waals surface area contributed by atoms with E-state index >= 15 is 0 Å². The molecule has 2 N–H and O–H groups in total. The van der Waals surface area contributed by atoms with Gasteiger partial charge in [0.25, 0.3) is 11.6 Å². The molecule has 8 heteroatoms. The smallest absolute Gasteiger partial charge is 0.274 e. The molecule has 24 heavy (non-hydrogen) atoms. The predicted molar refractivity (Wildman–Crippen MR) is 87.9 cm³/mol. The third-order valence-corrected chi connectivity index (χ3v) is 4.37. The molecule has 0 aliphatic carbocycles. The first kappa shape index (κ1) is 16.1. The van der Waals surface area contributed by atoms with Crippen molar-refractivity contribution in [1.82, 2.24) is 14.7 Å². The van der Waals surface area contributed by atoms with E-state index < -0.39 is 4.92 Å². The zero-order valence-corrected chi connectivity index (χ0v) is 13.3. The van der Waals surface area contributed by atoms with Crippen LogP contribution in [0.1, 0.15) is 23.8 Å². The van der Waals surface area contributed by atoms with Crippen LogP contribution in [-0.2, 0) is 0 Å². The topological polar surface area (TPSA) is 107 Å². The van der Waals surface area contributed by atoms with Crippen LogP contribution < -0.4 is 5.73 Å². The number of likely N-dealkylation sites (tertiary alicyclic amines) is 1. The SMILES string of the molecule is CC1CC(CN)CN1C(=O)c1ccn(-c2cccc([N+](=O)[O-])c2)n1. The number of nitro benzene ring substituents is 1. The molecule has 1 aromatic carbocycles. The van der Waals surface area contributed by atoms with Gasteiger partial charge in [-0.25, -0.2) is 4.68 Å². The first-order chi connectivity index (χ1) is 11.5. The first-order valence-electron chi connectivity index (χ1n) is 7.81. The number of hydrogen-bond acceptors (Lipinski definition) is 5. The number of carbonyl (C=O) groups is 1. The molecule has 0 saturated carbocycles. The van der Waals surface area contributed by atoms with Gasteiger partial charge in [0, 0.05) is 30.9 Å². The van der Waals surface area contributed by atoms with E-state index in [4.69, 9.17) is 5.73 Å². The van der Waals surface area contributed by atoms with Crippen molar-refractivity contribution < 1.29 is 9.72 Å². The maximum absolute atomic E-state index is 12.6. The van der Waals surface area contributed by atoms with Gasteiger partial charge in [-0.2, -0.15) is 5.10 Å². The summed E-state index contributed by atoms with van der Waals surface area (Å²) in [6, 6.07) is 7.89. The fourth-order valence-electron chi connectivity index (χ4n) is 3.07. The summed E-state index contributed by atoms with van der Waals surface area (Å²) in [5, 5.41) is 15.2. The van der Waals surface area contributed by atoms with Gasteiger partial charge in [-0.15, -0.1) is 0 Å². The standard InChI is InChI=1S/C16H19N5O3/c1-11-7-12(9-17)10-19(11)16(22)15-5-6-20(18-15)13-3-2-4-14(8-13)21(23)24/h2-6,8,11-12H,7,9-10,17H2,1H3. The molecule has 2 heterocycles. The second-order valence-electron chi connectivity index (χ2n) is 6.07. The minimum absolute atomic E-state index is 0.0187. The highest BCUT2D eigenvalue weighted by molar-refractivity contribution is 5.92. The molecular weight excluding hydrogens is 310 g/mol. The molecule has 1 saturated heterocycles. The number of non-ortho nitro benzene ring substituents is 1. The summed E-state index contributed by atoms with van der Waals surface area (Å²) in [6.45, 7) is 3.21. The lowest BCUT2D eigenvalue weighted by atomic mass is 10.1. The van der Waals surface area contributed by atoms with E-state index in [1.165, 1.54) is 16.8 Å². The second-order valence-corrected chi connectivity index (χ2v) is 6.07. The Morgan fingerprint density at radius 1 is 1.46 bits per heavy atom. The van der Waals surface area contributed by atoms with E-state index in [0.717, 1.165) is 6.42 Å². The van der Waals surface area contributed by atoms with Gasteiger partial charge in [-0.05, 0) is 37.9 Å². The predicted octanol–water partition coefficient (Wildman–Crippen LogP) is 1.59. The van der Waals surface area contributed by atoms with E-state index in [1.807, 2.05) is 6.92 Å². The minimum atomic E-state index is -0.460. The Bertz CT molecular complexity index is 773. The van der Waals surface area contributed by atoms with Crippen LogP contribution >= 0.6 is 0 Å². The Kier molecular flexibility index (Phi) is 4.30. The van der Waals surface area contributed by atoms with E-state index in [9.17, 15) is 14.9 Å². The number of carbonyl (C=O) groups excluding carboxylic acids is 1. The second kappa shape index (κ2) is 6.40. The molecule has 1 aliphatic rings. The van der Waals surface area contributed by atoms with E-state index in [-0.39, 0.29) is 17.6 Å². The number of hydrogen-bond donors (Lipinski definition) is 1. The van der Waals surface area contributed by atoms with Gasteiger partial charge in [0.05, 0.1) is 10.6 Å². The highest BCUT2D eigenvalue weighted by Gasteiger charge is 2.33. The molecule has 1 fully saturated rings. The average Bonchev–Trinajstić information content (AvgIpc) is 3.21. The Balaban J connectivity index is 1.82. The van der Waals surface area contributed by atoms with Crippen LogP contribution in [0.25, 0.3) is 5.69 Å². The summed E-state index contributed by atoms with van der Waals surface area (Å²) in [5.74, 6) is 0.186. The molecule has 0 spiro atoms. The number of nitrogens with two attached hydrogens (primary N) is 1. The zero-order chi connectivity index (χ0) is 17.3. The van der Waals surface area contributed by atoms with Crippen molar-refractivity contribution in [3.8, 4) is 5.69 Å². The Labute approximate surface area is 139 Å². The minimum Gasteiger partial charge on any atom is -0.334 e. The van der Waals surface area contributed by atoms with Crippen LogP contribution in [0.2, 0.25) is 0 Å². The normalized spacial score (nSPS) is 20.3. The summed E-state index contributed by atoms with van der Waals surface area (Å²) >= 11 is 0. The van der Waals surface area contributed by atoms with Crippen LogP contribution in [0.15, 0.2) is 36.5 Å². The largest absolute Gasteiger partial charge is 0.334 e. The fraction of sp³-hybridized carbons (Fsp3) is 0.375. The van der Waals surface area contributed by atoms with E-state index in [1.54, 1.807) is 29.3 Å². The number of rotatable bonds is 4. The molecule has 3 rings (SSSR count). The van der Waals surface area contributed by atoms with Crippen LogP contribution in [0, 0.1) is 16.0 Å². The summed E-state index contributed by atoms with van der Waals surface area (Å²) in [4.78, 5) is 24.8. The number of nitrogens with zero attached hydrogens (tertiary/aromatic N) is 4. The Hall–Kier alpha value is -2.74. The van der Waals surface area contributed by atoms with Gasteiger partial charge in [0.1, 0.15) is 0 Å². The van der Waals surface area contributed by atoms with Crippen molar-refractivity contribution in [3.63, 3.8) is 0 Å². The van der Waals surface area contributed by atoms with Gasteiger partial charge < -0.3 is 10.6 Å². The fourth-order valence-corrected chi connectivity index (χ4v) is 3.07. The van der Waals surface area contributed by atoms with Gasteiger partial charge in [0.2, 0.25) is 0 Å². The summed E-state index contributed by atoms with van der Waals surface area (Å²) < 4.78 is 1.47. The highest BCUT2D eigenvalue weighted by Crippen LogP contribution is 2.24. The van der Waals surface area contributed by atoms with Gasteiger partial charge in [0.15, 0.2) is 5.69 Å². The molecule has 1 aromatic heterocycles. The quantitative estimate of drug-likeness (QED) is 0.677. The van der Waals surface area contributed by atoms with Crippen LogP contribution in [0.3, 0.4) is 0 Å². The lowest BCUT2D eigenvalue weighted by Crippen LogP contribution is -2.34. The lowest BCUT2D eigenvalue weighted by molar-refractivity contribution is -0.384. The lowest BCUT2D eigenvalue weighted by Gasteiger charge is -2.20. The van der Waals surface area contributed by atoms with Gasteiger partial charge >= 0.3 is 0 Å². The van der Waals surface area contributed by atoms with Crippen molar-refractivity contribution in [2.75, 3.05) is 13.1 Å². The first-order valence-corrected chi connectivity index (χ1v) is 7.81. The van der Waals surface area contributed by atoms with E-state index in [0.29, 0.717) is 30.4 Å². The maximum Gasteiger partial charge on any atom is 0.274 e. The molecule has 2 atom stereocenters. The van der Waals surface area contributed by atoms with Crippen molar-refractivity contribution in [2.24, 2.45) is 11.7 Å². The Morgan fingerprint density at radius 3 is 2.92 bits per heavy atom. The zero-order valence-electron chi connectivity index (χ0n) is 13.3. The molecule has 0 bridgehead atoms. The van der Waals surface area contributed by atoms with Gasteiger partial charge in [-0.3, -0.25) is 14.9 Å². The number of benzene rings is 1. The molecule has 1 aliphatic heterocycles. The van der Waals surface area contributed by atoms with Crippen molar-refractivity contribution in [3.05, 3.63) is 52.3 Å². The summed E-state index contributed by atoms with van der Waals surface area (Å²) in [7, 11) is 0. The Morgan fingerprint density at radius 2 is 2.25 bits per heavy atom. The molecule has 8 nitrogen and oxygen atoms in total. The highest BCUT2D eigenvalue weighted by atomic mass is 16.6. The molecule has 126 valence electrons.